The summed E-state index contributed by atoms with van der Waals surface area (Å²) in [5, 5.41) is 7.05. The van der Waals surface area contributed by atoms with Crippen molar-refractivity contribution >= 4 is 23.1 Å². The van der Waals surface area contributed by atoms with Crippen molar-refractivity contribution in [3.63, 3.8) is 0 Å². The third-order valence-corrected chi connectivity index (χ3v) is 3.53. The van der Waals surface area contributed by atoms with E-state index in [2.05, 4.69) is 23.0 Å². The molecule has 0 spiro atoms. The molecule has 1 aliphatic rings. The van der Waals surface area contributed by atoms with E-state index in [0.29, 0.717) is 12.6 Å². The maximum Gasteiger partial charge on any atom is 0.144 e. The van der Waals surface area contributed by atoms with Gasteiger partial charge in [0.15, 0.2) is 0 Å². The Hall–Kier alpha value is -1.03. The van der Waals surface area contributed by atoms with Crippen molar-refractivity contribution in [2.45, 2.75) is 19.4 Å². The van der Waals surface area contributed by atoms with Crippen LogP contribution in [0.25, 0.3) is 0 Å². The number of anilines is 2. The van der Waals surface area contributed by atoms with Gasteiger partial charge in [-0.2, -0.15) is 11.8 Å². The van der Waals surface area contributed by atoms with Crippen molar-refractivity contribution in [2.24, 2.45) is 0 Å². The lowest BCUT2D eigenvalue weighted by Gasteiger charge is -2.29. The zero-order chi connectivity index (χ0) is 12.1. The van der Waals surface area contributed by atoms with Crippen molar-refractivity contribution in [3.05, 3.63) is 18.2 Å². The largest absolute Gasteiger partial charge is 0.492 e. The van der Waals surface area contributed by atoms with Crippen molar-refractivity contribution in [2.75, 3.05) is 35.8 Å². The first kappa shape index (κ1) is 12.4. The molecule has 0 bridgehead atoms. The Morgan fingerprint density at radius 3 is 3.12 bits per heavy atom. The molecule has 0 saturated carbocycles. The van der Waals surface area contributed by atoms with Gasteiger partial charge in [0, 0.05) is 12.6 Å². The fourth-order valence-electron chi connectivity index (χ4n) is 2.04. The van der Waals surface area contributed by atoms with Gasteiger partial charge < -0.3 is 15.4 Å². The minimum atomic E-state index is 0.520. The first-order valence-corrected chi connectivity index (χ1v) is 7.49. The number of rotatable bonds is 5. The summed E-state index contributed by atoms with van der Waals surface area (Å²) in [6.07, 6.45) is 3.34. The fraction of sp³-hybridized carbons (Fsp3) is 0.538. The Morgan fingerprint density at radius 1 is 1.47 bits per heavy atom. The molecule has 0 radical (unpaired) electrons. The van der Waals surface area contributed by atoms with Gasteiger partial charge in [-0.3, -0.25) is 0 Å². The SMILES string of the molecule is CCOc1cccc2c1NCC(CCSC)N2. The first-order chi connectivity index (χ1) is 8.35. The number of ether oxygens (including phenoxy) is 1. The maximum atomic E-state index is 5.61. The number of hydrogen-bond donors (Lipinski definition) is 2. The fourth-order valence-corrected chi connectivity index (χ4v) is 2.56. The predicted molar refractivity (Wildman–Crippen MR) is 76.5 cm³/mol. The molecule has 3 nitrogen and oxygen atoms in total. The number of nitrogens with one attached hydrogen (secondary N) is 2. The van der Waals surface area contributed by atoms with E-state index >= 15 is 0 Å². The maximum absolute atomic E-state index is 5.61. The highest BCUT2D eigenvalue weighted by Gasteiger charge is 2.19. The minimum absolute atomic E-state index is 0.520. The van der Waals surface area contributed by atoms with E-state index in [1.807, 2.05) is 30.8 Å². The first-order valence-electron chi connectivity index (χ1n) is 6.10. The van der Waals surface area contributed by atoms with Crippen LogP contribution in [0.3, 0.4) is 0 Å². The van der Waals surface area contributed by atoms with Crippen molar-refractivity contribution in [1.29, 1.82) is 0 Å². The van der Waals surface area contributed by atoms with Gasteiger partial charge >= 0.3 is 0 Å². The van der Waals surface area contributed by atoms with Crippen LogP contribution >= 0.6 is 11.8 Å². The number of thioether (sulfide) groups is 1. The molecule has 1 aromatic carbocycles. The highest BCUT2D eigenvalue weighted by Crippen LogP contribution is 2.35. The van der Waals surface area contributed by atoms with Crippen molar-refractivity contribution in [3.8, 4) is 5.75 Å². The van der Waals surface area contributed by atoms with Gasteiger partial charge in [0.1, 0.15) is 11.4 Å². The van der Waals surface area contributed by atoms with E-state index in [1.54, 1.807) is 0 Å². The summed E-state index contributed by atoms with van der Waals surface area (Å²) in [5.41, 5.74) is 2.27. The number of fused-ring (bicyclic) bond motifs is 1. The molecule has 0 aliphatic carbocycles. The van der Waals surface area contributed by atoms with Gasteiger partial charge in [0.05, 0.1) is 12.3 Å². The molecule has 2 N–H and O–H groups in total. The average Bonchev–Trinajstić information content (AvgIpc) is 2.37. The van der Waals surface area contributed by atoms with E-state index in [-0.39, 0.29) is 0 Å². The quantitative estimate of drug-likeness (QED) is 0.844. The van der Waals surface area contributed by atoms with Crippen LogP contribution in [0.2, 0.25) is 0 Å². The highest BCUT2D eigenvalue weighted by molar-refractivity contribution is 7.98. The molecule has 0 fully saturated rings. The Balaban J connectivity index is 2.08. The van der Waals surface area contributed by atoms with Crippen LogP contribution in [-0.2, 0) is 0 Å². The Bertz CT molecular complexity index is 370. The molecule has 1 aromatic rings. The molecule has 1 heterocycles. The summed E-state index contributed by atoms with van der Waals surface area (Å²) < 4.78 is 5.61. The van der Waals surface area contributed by atoms with Crippen LogP contribution in [0, 0.1) is 0 Å². The lowest BCUT2D eigenvalue weighted by molar-refractivity contribution is 0.341. The lowest BCUT2D eigenvalue weighted by atomic mass is 10.1. The predicted octanol–water partition coefficient (Wildman–Crippen LogP) is 3.04. The summed E-state index contributed by atoms with van der Waals surface area (Å²) in [7, 11) is 0. The Morgan fingerprint density at radius 2 is 2.35 bits per heavy atom. The van der Waals surface area contributed by atoms with Crippen LogP contribution in [-0.4, -0.2) is 31.2 Å². The van der Waals surface area contributed by atoms with Gasteiger partial charge in [0.25, 0.3) is 0 Å². The Kier molecular flexibility index (Phi) is 4.42. The minimum Gasteiger partial charge on any atom is -0.492 e. The zero-order valence-electron chi connectivity index (χ0n) is 10.5. The van der Waals surface area contributed by atoms with Crippen LogP contribution in [0.5, 0.6) is 5.75 Å². The second-order valence-electron chi connectivity index (χ2n) is 4.12. The van der Waals surface area contributed by atoms with E-state index in [1.165, 1.54) is 12.2 Å². The average molecular weight is 252 g/mol. The van der Waals surface area contributed by atoms with Crippen molar-refractivity contribution in [1.82, 2.24) is 0 Å². The zero-order valence-corrected chi connectivity index (χ0v) is 11.3. The van der Waals surface area contributed by atoms with Gasteiger partial charge in [-0.15, -0.1) is 0 Å². The summed E-state index contributed by atoms with van der Waals surface area (Å²) in [4.78, 5) is 0. The number of para-hydroxylation sites is 1. The Labute approximate surface area is 107 Å². The van der Waals surface area contributed by atoms with E-state index in [9.17, 15) is 0 Å². The molecule has 1 aliphatic heterocycles. The second-order valence-corrected chi connectivity index (χ2v) is 5.10. The number of hydrogen-bond acceptors (Lipinski definition) is 4. The molecule has 4 heteroatoms. The molecule has 1 unspecified atom stereocenters. The van der Waals surface area contributed by atoms with Crippen LogP contribution in [0.4, 0.5) is 11.4 Å². The smallest absolute Gasteiger partial charge is 0.144 e. The van der Waals surface area contributed by atoms with E-state index in [4.69, 9.17) is 4.74 Å². The molecule has 1 atom stereocenters. The van der Waals surface area contributed by atoms with Crippen LogP contribution in [0.15, 0.2) is 18.2 Å². The van der Waals surface area contributed by atoms with Crippen LogP contribution < -0.4 is 15.4 Å². The molecule has 0 aromatic heterocycles. The molecule has 0 saturated heterocycles. The lowest BCUT2D eigenvalue weighted by Crippen LogP contribution is -2.33. The molecular weight excluding hydrogens is 232 g/mol. The summed E-state index contributed by atoms with van der Waals surface area (Å²) in [5.74, 6) is 2.14. The monoisotopic (exact) mass is 252 g/mol. The molecule has 17 heavy (non-hydrogen) atoms. The normalized spacial score (nSPS) is 17.9. The van der Waals surface area contributed by atoms with E-state index in [0.717, 1.165) is 23.7 Å². The summed E-state index contributed by atoms with van der Waals surface area (Å²) in [6, 6.07) is 6.68. The third-order valence-electron chi connectivity index (χ3n) is 2.88. The number of benzene rings is 1. The summed E-state index contributed by atoms with van der Waals surface area (Å²) >= 11 is 1.90. The van der Waals surface area contributed by atoms with Gasteiger partial charge in [-0.1, -0.05) is 6.07 Å². The highest BCUT2D eigenvalue weighted by atomic mass is 32.2. The van der Waals surface area contributed by atoms with Gasteiger partial charge in [0.2, 0.25) is 0 Å². The molecule has 0 amide bonds. The van der Waals surface area contributed by atoms with Crippen molar-refractivity contribution < 1.29 is 4.74 Å². The summed E-state index contributed by atoms with van der Waals surface area (Å²) in [6.45, 7) is 3.68. The van der Waals surface area contributed by atoms with Gasteiger partial charge in [-0.05, 0) is 37.5 Å². The molecule has 94 valence electrons. The van der Waals surface area contributed by atoms with E-state index < -0.39 is 0 Å². The second kappa shape index (κ2) is 6.05. The van der Waals surface area contributed by atoms with Crippen LogP contribution in [0.1, 0.15) is 13.3 Å². The third kappa shape index (κ3) is 3.00. The molecular formula is C13H20N2OS. The standard InChI is InChI=1S/C13H20N2OS/c1-3-16-12-6-4-5-11-13(12)14-9-10(15-11)7-8-17-2/h4-6,10,14-15H,3,7-9H2,1-2H3. The molecule has 2 rings (SSSR count). The van der Waals surface area contributed by atoms with Gasteiger partial charge in [-0.25, -0.2) is 0 Å². The topological polar surface area (TPSA) is 33.3 Å².